The van der Waals surface area contributed by atoms with Crippen LogP contribution < -0.4 is 10.2 Å². The smallest absolute Gasteiger partial charge is 0.0372 e. The van der Waals surface area contributed by atoms with Crippen molar-refractivity contribution in [3.8, 4) is 0 Å². The minimum absolute atomic E-state index is 0.307. The summed E-state index contributed by atoms with van der Waals surface area (Å²) in [6.07, 6.45) is 1.22. The van der Waals surface area contributed by atoms with Gasteiger partial charge in [-0.25, -0.2) is 0 Å². The van der Waals surface area contributed by atoms with E-state index in [-0.39, 0.29) is 0 Å². The van der Waals surface area contributed by atoms with Gasteiger partial charge in [-0.1, -0.05) is 26.8 Å². The van der Waals surface area contributed by atoms with Crippen LogP contribution in [-0.4, -0.2) is 25.7 Å². The maximum Gasteiger partial charge on any atom is 0.0372 e. The van der Waals surface area contributed by atoms with Crippen molar-refractivity contribution >= 4 is 5.69 Å². The zero-order valence-electron chi connectivity index (χ0n) is 13.1. The fourth-order valence-corrected chi connectivity index (χ4v) is 2.87. The number of nitrogens with one attached hydrogen (secondary N) is 1. The number of rotatable bonds is 1. The van der Waals surface area contributed by atoms with Gasteiger partial charge in [0.2, 0.25) is 0 Å². The Kier molecular flexibility index (Phi) is 4.19. The minimum atomic E-state index is 0.307. The van der Waals surface area contributed by atoms with Gasteiger partial charge in [0.25, 0.3) is 0 Å². The summed E-state index contributed by atoms with van der Waals surface area (Å²) < 4.78 is 0. The van der Waals surface area contributed by atoms with Crippen LogP contribution in [0.4, 0.5) is 5.69 Å². The average Bonchev–Trinajstić information content (AvgIpc) is 2.52. The molecule has 1 saturated heterocycles. The lowest BCUT2D eigenvalue weighted by Gasteiger charge is -2.34. The molecular weight excluding hydrogens is 232 g/mol. The second-order valence-electron chi connectivity index (χ2n) is 7.02. The SMILES string of the molecule is Cc1cc(C)cc(N2CCCNC(C(C)(C)C)C2)c1. The zero-order valence-corrected chi connectivity index (χ0v) is 13.1. The van der Waals surface area contributed by atoms with Crippen molar-refractivity contribution in [2.24, 2.45) is 5.41 Å². The van der Waals surface area contributed by atoms with Crippen molar-refractivity contribution in [3.63, 3.8) is 0 Å². The second-order valence-corrected chi connectivity index (χ2v) is 7.02. The van der Waals surface area contributed by atoms with Gasteiger partial charge < -0.3 is 10.2 Å². The van der Waals surface area contributed by atoms with E-state index in [1.807, 2.05) is 0 Å². The molecule has 1 unspecified atom stereocenters. The summed E-state index contributed by atoms with van der Waals surface area (Å²) in [4.78, 5) is 2.55. The molecular formula is C17H28N2. The molecule has 0 aromatic heterocycles. The fourth-order valence-electron chi connectivity index (χ4n) is 2.87. The highest BCUT2D eigenvalue weighted by Gasteiger charge is 2.28. The van der Waals surface area contributed by atoms with Gasteiger partial charge in [-0.3, -0.25) is 0 Å². The predicted molar refractivity (Wildman–Crippen MR) is 84.0 cm³/mol. The first-order valence-electron chi connectivity index (χ1n) is 7.43. The topological polar surface area (TPSA) is 15.3 Å². The van der Waals surface area contributed by atoms with Crippen LogP contribution in [0.3, 0.4) is 0 Å². The molecule has 1 aromatic rings. The van der Waals surface area contributed by atoms with E-state index in [1.165, 1.54) is 23.2 Å². The average molecular weight is 260 g/mol. The molecule has 1 aliphatic heterocycles. The van der Waals surface area contributed by atoms with Crippen molar-refractivity contribution in [2.75, 3.05) is 24.5 Å². The van der Waals surface area contributed by atoms with Crippen molar-refractivity contribution in [3.05, 3.63) is 29.3 Å². The van der Waals surface area contributed by atoms with Gasteiger partial charge in [0, 0.05) is 24.8 Å². The molecule has 0 amide bonds. The van der Waals surface area contributed by atoms with Gasteiger partial charge >= 0.3 is 0 Å². The Labute approximate surface area is 118 Å². The molecule has 2 nitrogen and oxygen atoms in total. The normalized spacial score (nSPS) is 21.3. The van der Waals surface area contributed by atoms with E-state index in [4.69, 9.17) is 0 Å². The first-order chi connectivity index (χ1) is 8.86. The molecule has 1 aromatic carbocycles. The van der Waals surface area contributed by atoms with Crippen LogP contribution in [0, 0.1) is 19.3 Å². The van der Waals surface area contributed by atoms with Crippen LogP contribution in [0.5, 0.6) is 0 Å². The highest BCUT2D eigenvalue weighted by Crippen LogP contribution is 2.26. The lowest BCUT2D eigenvalue weighted by molar-refractivity contribution is 0.280. The Balaban J connectivity index is 2.22. The van der Waals surface area contributed by atoms with Crippen molar-refractivity contribution in [2.45, 2.75) is 47.1 Å². The molecule has 106 valence electrons. The van der Waals surface area contributed by atoms with Crippen LogP contribution in [0.25, 0.3) is 0 Å². The van der Waals surface area contributed by atoms with Crippen molar-refractivity contribution in [1.29, 1.82) is 0 Å². The summed E-state index contributed by atoms with van der Waals surface area (Å²) in [5, 5.41) is 3.71. The molecule has 1 fully saturated rings. The third-order valence-electron chi connectivity index (χ3n) is 4.02. The highest BCUT2D eigenvalue weighted by molar-refractivity contribution is 5.51. The molecule has 1 N–H and O–H groups in total. The van der Waals surface area contributed by atoms with E-state index in [0.717, 1.165) is 19.6 Å². The maximum absolute atomic E-state index is 3.71. The highest BCUT2D eigenvalue weighted by atomic mass is 15.2. The lowest BCUT2D eigenvalue weighted by atomic mass is 9.86. The van der Waals surface area contributed by atoms with E-state index >= 15 is 0 Å². The Morgan fingerprint density at radius 3 is 2.32 bits per heavy atom. The number of hydrogen-bond donors (Lipinski definition) is 1. The molecule has 0 bridgehead atoms. The summed E-state index contributed by atoms with van der Waals surface area (Å²) in [5.41, 5.74) is 4.41. The summed E-state index contributed by atoms with van der Waals surface area (Å²) in [6, 6.07) is 7.44. The minimum Gasteiger partial charge on any atom is -0.370 e. The molecule has 0 aliphatic carbocycles. The third-order valence-corrected chi connectivity index (χ3v) is 4.02. The Bertz CT molecular complexity index is 411. The summed E-state index contributed by atoms with van der Waals surface area (Å²) in [5.74, 6) is 0. The third kappa shape index (κ3) is 3.73. The Morgan fingerprint density at radius 2 is 1.74 bits per heavy atom. The first kappa shape index (κ1) is 14.4. The van der Waals surface area contributed by atoms with Gasteiger partial charge in [-0.2, -0.15) is 0 Å². The molecule has 1 aliphatic rings. The van der Waals surface area contributed by atoms with E-state index in [1.54, 1.807) is 0 Å². The molecule has 0 saturated carbocycles. The van der Waals surface area contributed by atoms with E-state index in [2.05, 4.69) is 63.0 Å². The van der Waals surface area contributed by atoms with E-state index in [9.17, 15) is 0 Å². The van der Waals surface area contributed by atoms with Crippen LogP contribution in [0.15, 0.2) is 18.2 Å². The van der Waals surface area contributed by atoms with Gasteiger partial charge in [0.1, 0.15) is 0 Å². The van der Waals surface area contributed by atoms with Crippen LogP contribution >= 0.6 is 0 Å². The molecule has 2 heteroatoms. The molecule has 1 atom stereocenters. The monoisotopic (exact) mass is 260 g/mol. The van der Waals surface area contributed by atoms with Crippen LogP contribution in [-0.2, 0) is 0 Å². The quantitative estimate of drug-likeness (QED) is 0.831. The Hall–Kier alpha value is -1.02. The summed E-state index contributed by atoms with van der Waals surface area (Å²) >= 11 is 0. The van der Waals surface area contributed by atoms with Crippen molar-refractivity contribution < 1.29 is 0 Å². The van der Waals surface area contributed by atoms with Crippen LogP contribution in [0.1, 0.15) is 38.3 Å². The summed E-state index contributed by atoms with van der Waals surface area (Å²) in [6.45, 7) is 14.8. The molecule has 19 heavy (non-hydrogen) atoms. The Morgan fingerprint density at radius 1 is 1.11 bits per heavy atom. The van der Waals surface area contributed by atoms with Crippen molar-refractivity contribution in [1.82, 2.24) is 5.32 Å². The lowest BCUT2D eigenvalue weighted by Crippen LogP contribution is -2.46. The standard InChI is InChI=1S/C17H28N2/c1-13-9-14(2)11-15(10-13)19-8-6-7-18-16(12-19)17(3,4)5/h9-11,16,18H,6-8,12H2,1-5H3. The number of benzene rings is 1. The van der Waals surface area contributed by atoms with Gasteiger partial charge in [0.05, 0.1) is 0 Å². The second kappa shape index (κ2) is 5.54. The molecule has 2 rings (SSSR count). The van der Waals surface area contributed by atoms with Gasteiger partial charge in [-0.15, -0.1) is 0 Å². The van der Waals surface area contributed by atoms with Gasteiger partial charge in [-0.05, 0) is 55.5 Å². The largest absolute Gasteiger partial charge is 0.370 e. The number of anilines is 1. The predicted octanol–water partition coefficient (Wildman–Crippen LogP) is 3.52. The maximum atomic E-state index is 3.71. The molecule has 1 heterocycles. The van der Waals surface area contributed by atoms with E-state index < -0.39 is 0 Å². The van der Waals surface area contributed by atoms with Crippen LogP contribution in [0.2, 0.25) is 0 Å². The van der Waals surface area contributed by atoms with Gasteiger partial charge in [0.15, 0.2) is 0 Å². The first-order valence-corrected chi connectivity index (χ1v) is 7.43. The number of nitrogens with zero attached hydrogens (tertiary/aromatic N) is 1. The summed E-state index contributed by atoms with van der Waals surface area (Å²) in [7, 11) is 0. The fraction of sp³-hybridized carbons (Fsp3) is 0.647. The number of hydrogen-bond acceptors (Lipinski definition) is 2. The molecule has 0 radical (unpaired) electrons. The number of aryl methyl sites for hydroxylation is 2. The van der Waals surface area contributed by atoms with E-state index in [0.29, 0.717) is 11.5 Å². The zero-order chi connectivity index (χ0) is 14.0. The molecule has 0 spiro atoms.